The lowest BCUT2D eigenvalue weighted by atomic mass is 10.1. The summed E-state index contributed by atoms with van der Waals surface area (Å²) in [5.74, 6) is 0.344. The molecule has 4 aromatic rings. The number of aromatic nitrogens is 3. The van der Waals surface area contributed by atoms with E-state index in [1.54, 1.807) is 18.5 Å². The number of piperidine rings is 1. The third-order valence-electron chi connectivity index (χ3n) is 7.55. The number of halogens is 4. The number of rotatable bonds is 6. The maximum atomic E-state index is 15.1. The number of nitrogens with one attached hydrogen (secondary N) is 2. The minimum absolute atomic E-state index is 0.118. The van der Waals surface area contributed by atoms with E-state index >= 15 is 4.39 Å². The van der Waals surface area contributed by atoms with Crippen molar-refractivity contribution < 1.29 is 27.1 Å². The van der Waals surface area contributed by atoms with Gasteiger partial charge in [-0.25, -0.2) is 19.2 Å². The summed E-state index contributed by atoms with van der Waals surface area (Å²) in [6.07, 6.45) is 1.56. The third-order valence-corrected chi connectivity index (χ3v) is 7.55. The molecule has 2 amide bonds. The summed E-state index contributed by atoms with van der Waals surface area (Å²) in [5.41, 5.74) is 6.33. The standard InChI is InChI=1S/C29H29F4N7O2/c1-39-11-8-19(9-12-39)42-23-7-5-18(15-20(23)29(31,32)33)36-28(41)37-22-6-4-17(14-21(22)30)24-25-26(34)35-10-13-40(25)27(38-24)16-2-3-16/h4-7,10,13-16,19H,2-3,8-9,11-12H2,1H3,(H2,34,35)(H2,36,37,41). The number of hydrogen-bond donors (Lipinski definition) is 3. The maximum Gasteiger partial charge on any atom is 0.420 e. The molecule has 9 nitrogen and oxygen atoms in total. The Morgan fingerprint density at radius 3 is 2.52 bits per heavy atom. The summed E-state index contributed by atoms with van der Waals surface area (Å²) in [7, 11) is 1.95. The molecule has 6 rings (SSSR count). The summed E-state index contributed by atoms with van der Waals surface area (Å²) in [6, 6.07) is 6.58. The minimum Gasteiger partial charge on any atom is -0.490 e. The van der Waals surface area contributed by atoms with Gasteiger partial charge in [-0.2, -0.15) is 13.2 Å². The van der Waals surface area contributed by atoms with E-state index in [2.05, 4.69) is 20.5 Å². The molecular weight excluding hydrogens is 554 g/mol. The van der Waals surface area contributed by atoms with Crippen LogP contribution in [0.4, 0.5) is 39.5 Å². The summed E-state index contributed by atoms with van der Waals surface area (Å²) >= 11 is 0. The number of alkyl halides is 3. The topological polar surface area (TPSA) is 110 Å². The van der Waals surface area contributed by atoms with Gasteiger partial charge in [0.1, 0.15) is 40.5 Å². The van der Waals surface area contributed by atoms with E-state index in [4.69, 9.17) is 15.5 Å². The molecule has 0 unspecified atom stereocenters. The quantitative estimate of drug-likeness (QED) is 0.236. The van der Waals surface area contributed by atoms with Gasteiger partial charge in [0.05, 0.1) is 11.3 Å². The number of urea groups is 1. The molecule has 2 fully saturated rings. The minimum atomic E-state index is -4.70. The number of carbonyl (C=O) groups excluding carboxylic acids is 1. The van der Waals surface area contributed by atoms with Gasteiger partial charge in [0.2, 0.25) is 0 Å². The van der Waals surface area contributed by atoms with E-state index in [-0.39, 0.29) is 29.0 Å². The number of amides is 2. The molecule has 42 heavy (non-hydrogen) atoms. The number of anilines is 3. The number of carbonyl (C=O) groups is 1. The molecule has 2 aromatic carbocycles. The molecule has 0 radical (unpaired) electrons. The van der Waals surface area contributed by atoms with Crippen molar-refractivity contribution in [2.45, 2.75) is 43.9 Å². The van der Waals surface area contributed by atoms with Crippen molar-refractivity contribution in [3.05, 3.63) is 66.0 Å². The lowest BCUT2D eigenvalue weighted by Gasteiger charge is -2.30. The average molecular weight is 584 g/mol. The van der Waals surface area contributed by atoms with E-state index in [1.165, 1.54) is 24.3 Å². The van der Waals surface area contributed by atoms with Gasteiger partial charge < -0.3 is 26.0 Å². The van der Waals surface area contributed by atoms with Gasteiger partial charge in [-0.3, -0.25) is 4.40 Å². The van der Waals surface area contributed by atoms with Crippen molar-refractivity contribution in [3.63, 3.8) is 0 Å². The fraction of sp³-hybridized carbons (Fsp3) is 0.345. The highest BCUT2D eigenvalue weighted by Crippen LogP contribution is 2.42. The first-order valence-corrected chi connectivity index (χ1v) is 13.6. The second-order valence-corrected chi connectivity index (χ2v) is 10.7. The summed E-state index contributed by atoms with van der Waals surface area (Å²) in [5, 5.41) is 4.71. The number of likely N-dealkylation sites (tertiary alicyclic amines) is 1. The Labute approximate surface area is 238 Å². The molecule has 13 heteroatoms. The zero-order valence-corrected chi connectivity index (χ0v) is 22.7. The van der Waals surface area contributed by atoms with Crippen LogP contribution < -0.4 is 21.1 Å². The Balaban J connectivity index is 1.18. The lowest BCUT2D eigenvalue weighted by molar-refractivity contribution is -0.139. The summed E-state index contributed by atoms with van der Waals surface area (Å²) < 4.78 is 64.2. The first-order chi connectivity index (χ1) is 20.1. The van der Waals surface area contributed by atoms with Gasteiger partial charge in [-0.1, -0.05) is 6.07 Å². The van der Waals surface area contributed by atoms with E-state index in [9.17, 15) is 18.0 Å². The van der Waals surface area contributed by atoms with E-state index < -0.39 is 23.6 Å². The largest absolute Gasteiger partial charge is 0.490 e. The fourth-order valence-electron chi connectivity index (χ4n) is 5.18. The van der Waals surface area contributed by atoms with Gasteiger partial charge in [-0.15, -0.1) is 0 Å². The highest BCUT2D eigenvalue weighted by molar-refractivity contribution is 6.00. The lowest BCUT2D eigenvalue weighted by Crippen LogP contribution is -2.36. The molecule has 220 valence electrons. The summed E-state index contributed by atoms with van der Waals surface area (Å²) in [6.45, 7) is 1.46. The number of fused-ring (bicyclic) bond motifs is 1. The Morgan fingerprint density at radius 1 is 1.07 bits per heavy atom. The number of benzene rings is 2. The predicted octanol–water partition coefficient (Wildman–Crippen LogP) is 6.13. The maximum absolute atomic E-state index is 15.1. The van der Waals surface area contributed by atoms with Crippen LogP contribution in [0.5, 0.6) is 5.75 Å². The van der Waals surface area contributed by atoms with Crippen LogP contribution in [0.25, 0.3) is 16.8 Å². The highest BCUT2D eigenvalue weighted by atomic mass is 19.4. The molecule has 2 aromatic heterocycles. The van der Waals surface area contributed by atoms with Gasteiger partial charge in [0, 0.05) is 42.7 Å². The van der Waals surface area contributed by atoms with Crippen molar-refractivity contribution in [2.24, 2.45) is 0 Å². The SMILES string of the molecule is CN1CCC(Oc2ccc(NC(=O)Nc3ccc(-c4nc(C5CC5)n5ccnc(N)c45)cc3F)cc2C(F)(F)F)CC1. The van der Waals surface area contributed by atoms with Crippen LogP contribution in [0.3, 0.4) is 0 Å². The number of nitrogen functional groups attached to an aromatic ring is 1. The first kappa shape index (κ1) is 27.8. The molecular formula is C29H29F4N7O2. The molecule has 1 aliphatic heterocycles. The average Bonchev–Trinajstić information content (AvgIpc) is 3.71. The summed E-state index contributed by atoms with van der Waals surface area (Å²) in [4.78, 5) is 23.6. The van der Waals surface area contributed by atoms with E-state index in [0.717, 1.165) is 37.8 Å². The normalized spacial score (nSPS) is 16.5. The second-order valence-electron chi connectivity index (χ2n) is 10.7. The zero-order chi connectivity index (χ0) is 29.6. The number of hydrogen-bond acceptors (Lipinski definition) is 6. The predicted molar refractivity (Wildman–Crippen MR) is 150 cm³/mol. The van der Waals surface area contributed by atoms with Crippen LogP contribution in [-0.4, -0.2) is 51.5 Å². The van der Waals surface area contributed by atoms with Crippen molar-refractivity contribution >= 4 is 28.7 Å². The molecule has 0 atom stereocenters. The monoisotopic (exact) mass is 583 g/mol. The van der Waals surface area contributed by atoms with Gasteiger partial charge in [0.15, 0.2) is 0 Å². The van der Waals surface area contributed by atoms with Crippen LogP contribution in [-0.2, 0) is 6.18 Å². The van der Waals surface area contributed by atoms with Gasteiger partial charge >= 0.3 is 12.2 Å². The molecule has 3 heterocycles. The number of nitrogens with zero attached hydrogens (tertiary/aromatic N) is 4. The Kier molecular flexibility index (Phi) is 7.13. The second kappa shape index (κ2) is 10.8. The fourth-order valence-corrected chi connectivity index (χ4v) is 5.18. The van der Waals surface area contributed by atoms with E-state index in [0.29, 0.717) is 35.5 Å². The Bertz CT molecular complexity index is 1640. The number of imidazole rings is 1. The third kappa shape index (κ3) is 5.69. The van der Waals surface area contributed by atoms with Crippen molar-refractivity contribution in [1.82, 2.24) is 19.3 Å². The molecule has 0 bridgehead atoms. The van der Waals surface area contributed by atoms with Crippen LogP contribution >= 0.6 is 0 Å². The number of ether oxygens (including phenoxy) is 1. The van der Waals surface area contributed by atoms with E-state index in [1.807, 2.05) is 11.4 Å². The van der Waals surface area contributed by atoms with Gasteiger partial charge in [-0.05, 0) is 63.1 Å². The Hall–Kier alpha value is -4.39. The Morgan fingerprint density at radius 2 is 1.83 bits per heavy atom. The van der Waals surface area contributed by atoms with Crippen molar-refractivity contribution in [2.75, 3.05) is 36.5 Å². The first-order valence-electron chi connectivity index (χ1n) is 13.6. The molecule has 0 spiro atoms. The molecule has 1 saturated heterocycles. The zero-order valence-electron chi connectivity index (χ0n) is 22.7. The van der Waals surface area contributed by atoms with Crippen molar-refractivity contribution in [1.29, 1.82) is 0 Å². The smallest absolute Gasteiger partial charge is 0.420 e. The highest BCUT2D eigenvalue weighted by Gasteiger charge is 2.36. The van der Waals surface area contributed by atoms with Crippen molar-refractivity contribution in [3.8, 4) is 17.0 Å². The molecule has 1 aliphatic carbocycles. The van der Waals surface area contributed by atoms with Crippen LogP contribution in [0, 0.1) is 5.82 Å². The molecule has 4 N–H and O–H groups in total. The van der Waals surface area contributed by atoms with Gasteiger partial charge in [0.25, 0.3) is 0 Å². The number of nitrogens with two attached hydrogens (primary N) is 1. The van der Waals surface area contributed by atoms with Crippen LogP contribution in [0.15, 0.2) is 48.8 Å². The molecule has 2 aliphatic rings. The molecule has 1 saturated carbocycles. The van der Waals surface area contributed by atoms with Crippen LogP contribution in [0.1, 0.15) is 43.0 Å². The van der Waals surface area contributed by atoms with Crippen LogP contribution in [0.2, 0.25) is 0 Å².